The largest absolute Gasteiger partial charge is 0.492 e. The zero-order valence-corrected chi connectivity index (χ0v) is 15.0. The lowest BCUT2D eigenvalue weighted by molar-refractivity contribution is 0.0948. The van der Waals surface area contributed by atoms with Gasteiger partial charge in [-0.2, -0.15) is 5.10 Å². The molecule has 6 heteroatoms. The predicted molar refractivity (Wildman–Crippen MR) is 97.0 cm³/mol. The maximum absolute atomic E-state index is 12.6. The Kier molecular flexibility index (Phi) is 4.70. The minimum atomic E-state index is -0.139. The number of benzene rings is 1. The van der Waals surface area contributed by atoms with Crippen LogP contribution in [0.25, 0.3) is 11.0 Å². The first-order valence-electron chi connectivity index (χ1n) is 8.24. The molecule has 0 atom stereocenters. The summed E-state index contributed by atoms with van der Waals surface area (Å²) in [6, 6.07) is 9.64. The van der Waals surface area contributed by atoms with E-state index < -0.39 is 0 Å². The molecule has 1 amide bonds. The third-order valence-electron chi connectivity index (χ3n) is 3.99. The van der Waals surface area contributed by atoms with Crippen molar-refractivity contribution in [1.82, 2.24) is 20.1 Å². The number of nitrogens with one attached hydrogen (secondary N) is 1. The van der Waals surface area contributed by atoms with Gasteiger partial charge in [-0.3, -0.25) is 9.48 Å². The van der Waals surface area contributed by atoms with Gasteiger partial charge in [-0.15, -0.1) is 0 Å². The molecule has 0 saturated heterocycles. The van der Waals surface area contributed by atoms with Crippen molar-refractivity contribution in [2.75, 3.05) is 13.2 Å². The number of ether oxygens (including phenoxy) is 1. The highest BCUT2D eigenvalue weighted by molar-refractivity contribution is 6.06. The normalized spacial score (nSPS) is 10.9. The van der Waals surface area contributed by atoms with Crippen LogP contribution >= 0.6 is 0 Å². The molecule has 25 heavy (non-hydrogen) atoms. The topological polar surface area (TPSA) is 69.0 Å². The van der Waals surface area contributed by atoms with Crippen LogP contribution in [0.5, 0.6) is 5.75 Å². The van der Waals surface area contributed by atoms with Gasteiger partial charge in [0.15, 0.2) is 5.65 Å². The van der Waals surface area contributed by atoms with Crippen LogP contribution in [0, 0.1) is 20.8 Å². The average molecular weight is 338 g/mol. The molecule has 1 N–H and O–H groups in total. The van der Waals surface area contributed by atoms with E-state index in [4.69, 9.17) is 4.74 Å². The van der Waals surface area contributed by atoms with Crippen LogP contribution < -0.4 is 10.1 Å². The molecule has 2 aromatic heterocycles. The van der Waals surface area contributed by atoms with Gasteiger partial charge in [-0.25, -0.2) is 4.98 Å². The number of carbonyl (C=O) groups is 1. The second-order valence-electron chi connectivity index (χ2n) is 6.14. The molecule has 130 valence electrons. The van der Waals surface area contributed by atoms with Crippen LogP contribution in [-0.2, 0) is 7.05 Å². The fourth-order valence-corrected chi connectivity index (χ4v) is 2.88. The van der Waals surface area contributed by atoms with Crippen LogP contribution in [0.15, 0.2) is 30.3 Å². The Morgan fingerprint density at radius 1 is 1.24 bits per heavy atom. The minimum Gasteiger partial charge on any atom is -0.492 e. The molecule has 0 unspecified atom stereocenters. The number of pyridine rings is 1. The van der Waals surface area contributed by atoms with Crippen molar-refractivity contribution >= 4 is 16.9 Å². The van der Waals surface area contributed by atoms with Gasteiger partial charge in [0.05, 0.1) is 23.2 Å². The van der Waals surface area contributed by atoms with Crippen LogP contribution in [-0.4, -0.2) is 33.8 Å². The van der Waals surface area contributed by atoms with Crippen LogP contribution in [0.2, 0.25) is 0 Å². The number of hydrogen-bond acceptors (Lipinski definition) is 4. The number of nitrogens with zero attached hydrogens (tertiary/aromatic N) is 3. The molecule has 0 aliphatic heterocycles. The molecular formula is C19H22N4O2. The highest BCUT2D eigenvalue weighted by Gasteiger charge is 2.17. The lowest BCUT2D eigenvalue weighted by atomic mass is 10.1. The van der Waals surface area contributed by atoms with Gasteiger partial charge in [0.1, 0.15) is 12.4 Å². The summed E-state index contributed by atoms with van der Waals surface area (Å²) in [5.74, 6) is 0.666. The summed E-state index contributed by atoms with van der Waals surface area (Å²) in [6.07, 6.45) is 0. The van der Waals surface area contributed by atoms with Crippen LogP contribution in [0.3, 0.4) is 0 Å². The zero-order valence-electron chi connectivity index (χ0n) is 15.0. The van der Waals surface area contributed by atoms with Crippen LogP contribution in [0.4, 0.5) is 0 Å². The van der Waals surface area contributed by atoms with Crippen molar-refractivity contribution in [2.45, 2.75) is 20.8 Å². The first-order chi connectivity index (χ1) is 12.0. The lowest BCUT2D eigenvalue weighted by Crippen LogP contribution is -2.28. The molecule has 0 spiro atoms. The van der Waals surface area contributed by atoms with E-state index in [-0.39, 0.29) is 5.91 Å². The summed E-state index contributed by atoms with van der Waals surface area (Å²) in [7, 11) is 1.83. The summed E-state index contributed by atoms with van der Waals surface area (Å²) in [4.78, 5) is 17.1. The van der Waals surface area contributed by atoms with Gasteiger partial charge in [0.2, 0.25) is 0 Å². The van der Waals surface area contributed by atoms with E-state index in [1.54, 1.807) is 10.7 Å². The molecule has 0 aliphatic rings. The van der Waals surface area contributed by atoms with Crippen molar-refractivity contribution in [2.24, 2.45) is 7.05 Å². The molecule has 0 bridgehead atoms. The molecule has 3 rings (SSSR count). The van der Waals surface area contributed by atoms with Gasteiger partial charge >= 0.3 is 0 Å². The molecular weight excluding hydrogens is 316 g/mol. The number of carbonyl (C=O) groups excluding carboxylic acids is 1. The smallest absolute Gasteiger partial charge is 0.252 e. The third-order valence-corrected chi connectivity index (χ3v) is 3.99. The monoisotopic (exact) mass is 338 g/mol. The Morgan fingerprint density at radius 2 is 2.04 bits per heavy atom. The Hall–Kier alpha value is -2.89. The van der Waals surface area contributed by atoms with E-state index in [1.807, 2.05) is 52.1 Å². The highest BCUT2D eigenvalue weighted by Crippen LogP contribution is 2.21. The molecule has 0 fully saturated rings. The number of rotatable bonds is 5. The SMILES string of the molecule is Cc1cccc(OCCNC(=O)c2cc(C)nc3c2c(C)nn3C)c1. The van der Waals surface area contributed by atoms with Crippen LogP contribution in [0.1, 0.15) is 27.3 Å². The second-order valence-corrected chi connectivity index (χ2v) is 6.14. The molecule has 6 nitrogen and oxygen atoms in total. The predicted octanol–water partition coefficient (Wildman–Crippen LogP) is 2.70. The Morgan fingerprint density at radius 3 is 2.80 bits per heavy atom. The van der Waals surface area contributed by atoms with E-state index in [0.29, 0.717) is 18.7 Å². The fraction of sp³-hybridized carbons (Fsp3) is 0.316. The molecule has 2 heterocycles. The molecule has 0 aliphatic carbocycles. The Bertz CT molecular complexity index is 931. The number of hydrogen-bond donors (Lipinski definition) is 1. The Labute approximate surface area is 146 Å². The number of aromatic nitrogens is 3. The first-order valence-corrected chi connectivity index (χ1v) is 8.24. The quantitative estimate of drug-likeness (QED) is 0.726. The Balaban J connectivity index is 1.68. The first kappa shape index (κ1) is 17.0. The summed E-state index contributed by atoms with van der Waals surface area (Å²) < 4.78 is 7.37. The van der Waals surface area contributed by atoms with Crippen molar-refractivity contribution in [3.63, 3.8) is 0 Å². The van der Waals surface area contributed by atoms with Gasteiger partial charge in [-0.1, -0.05) is 12.1 Å². The number of fused-ring (bicyclic) bond motifs is 1. The second kappa shape index (κ2) is 6.93. The average Bonchev–Trinajstić information content (AvgIpc) is 2.85. The molecule has 0 radical (unpaired) electrons. The van der Waals surface area contributed by atoms with E-state index in [0.717, 1.165) is 33.7 Å². The van der Waals surface area contributed by atoms with Gasteiger partial charge < -0.3 is 10.1 Å². The van der Waals surface area contributed by atoms with E-state index >= 15 is 0 Å². The lowest BCUT2D eigenvalue weighted by Gasteiger charge is -2.09. The van der Waals surface area contributed by atoms with Crippen molar-refractivity contribution < 1.29 is 9.53 Å². The standard InChI is InChI=1S/C19H22N4O2/c1-12-6-5-7-15(10-12)25-9-8-20-19(24)16-11-13(2)21-18-17(16)14(3)22-23(18)4/h5-7,10-11H,8-9H2,1-4H3,(H,20,24). The highest BCUT2D eigenvalue weighted by atomic mass is 16.5. The summed E-state index contributed by atoms with van der Waals surface area (Å²) >= 11 is 0. The molecule has 1 aromatic carbocycles. The van der Waals surface area contributed by atoms with Crippen molar-refractivity contribution in [1.29, 1.82) is 0 Å². The van der Waals surface area contributed by atoms with Gasteiger partial charge in [0, 0.05) is 12.7 Å². The summed E-state index contributed by atoms with van der Waals surface area (Å²) in [6.45, 7) is 6.61. The maximum atomic E-state index is 12.6. The van der Waals surface area contributed by atoms with E-state index in [1.165, 1.54) is 0 Å². The number of amides is 1. The number of aryl methyl sites for hydroxylation is 4. The zero-order chi connectivity index (χ0) is 18.0. The third kappa shape index (κ3) is 3.63. The maximum Gasteiger partial charge on any atom is 0.252 e. The minimum absolute atomic E-state index is 0.139. The van der Waals surface area contributed by atoms with E-state index in [9.17, 15) is 4.79 Å². The fourth-order valence-electron chi connectivity index (χ4n) is 2.88. The van der Waals surface area contributed by atoms with Crippen molar-refractivity contribution in [3.8, 4) is 5.75 Å². The summed E-state index contributed by atoms with van der Waals surface area (Å²) in [5, 5.41) is 8.08. The molecule has 3 aromatic rings. The van der Waals surface area contributed by atoms with E-state index in [2.05, 4.69) is 15.4 Å². The molecule has 0 saturated carbocycles. The van der Waals surface area contributed by atoms with Gasteiger partial charge in [-0.05, 0) is 44.5 Å². The van der Waals surface area contributed by atoms with Gasteiger partial charge in [0.25, 0.3) is 5.91 Å². The summed E-state index contributed by atoms with van der Waals surface area (Å²) in [5.41, 5.74) is 4.05. The van der Waals surface area contributed by atoms with Crippen molar-refractivity contribution in [3.05, 3.63) is 52.8 Å².